The second-order valence-corrected chi connectivity index (χ2v) is 6.77. The maximum atomic E-state index is 12.7. The van der Waals surface area contributed by atoms with Gasteiger partial charge in [-0.2, -0.15) is 5.10 Å². The van der Waals surface area contributed by atoms with Crippen molar-refractivity contribution in [1.29, 1.82) is 0 Å². The van der Waals surface area contributed by atoms with Gasteiger partial charge < -0.3 is 11.1 Å². The second kappa shape index (κ2) is 8.70. The van der Waals surface area contributed by atoms with Crippen LogP contribution in [0.15, 0.2) is 30.5 Å². The third kappa shape index (κ3) is 4.17. The zero-order chi connectivity index (χ0) is 17.1. The molecule has 1 fully saturated rings. The summed E-state index contributed by atoms with van der Waals surface area (Å²) >= 11 is 6.24. The number of rotatable bonds is 4. The molecule has 0 spiro atoms. The van der Waals surface area contributed by atoms with E-state index >= 15 is 0 Å². The van der Waals surface area contributed by atoms with Crippen molar-refractivity contribution in [2.45, 2.75) is 38.6 Å². The highest BCUT2D eigenvalue weighted by Crippen LogP contribution is 2.25. The molecule has 1 aromatic heterocycles. The molecule has 3 rings (SSSR count). The fourth-order valence-electron chi connectivity index (χ4n) is 3.42. The number of carbonyl (C=O) groups excluding carboxylic acids is 1. The standard InChI is InChI=1S/C18H23ClN4O.ClH/c1-12-14(11-21-23(12)17-9-5-3-7-15(17)19)18(24)22-16-8-4-2-6-13(16)10-20;/h3,5,7,9,11,13,16H,2,4,6,8,10,20H2,1H3,(H,22,24);1H. The Bertz CT molecular complexity index is 732. The molecule has 5 nitrogen and oxygen atoms in total. The molecular formula is C18H24Cl2N4O. The number of nitrogens with zero attached hydrogens (tertiary/aromatic N) is 2. The molecule has 0 aliphatic heterocycles. The number of benzene rings is 1. The van der Waals surface area contributed by atoms with Gasteiger partial charge in [0, 0.05) is 6.04 Å². The van der Waals surface area contributed by atoms with E-state index in [9.17, 15) is 4.79 Å². The van der Waals surface area contributed by atoms with Gasteiger partial charge in [0.15, 0.2) is 0 Å². The van der Waals surface area contributed by atoms with Crippen LogP contribution in [0, 0.1) is 12.8 Å². The first-order chi connectivity index (χ1) is 11.6. The van der Waals surface area contributed by atoms with Crippen molar-refractivity contribution in [3.8, 4) is 5.69 Å². The third-order valence-corrected chi connectivity index (χ3v) is 5.18. The second-order valence-electron chi connectivity index (χ2n) is 6.37. The molecular weight excluding hydrogens is 359 g/mol. The molecule has 0 radical (unpaired) electrons. The van der Waals surface area contributed by atoms with Crippen molar-refractivity contribution >= 4 is 29.9 Å². The fourth-order valence-corrected chi connectivity index (χ4v) is 3.64. The van der Waals surface area contributed by atoms with Crippen molar-refractivity contribution < 1.29 is 4.79 Å². The van der Waals surface area contributed by atoms with E-state index in [1.165, 1.54) is 6.42 Å². The van der Waals surface area contributed by atoms with Crippen molar-refractivity contribution in [2.75, 3.05) is 6.54 Å². The van der Waals surface area contributed by atoms with E-state index in [2.05, 4.69) is 10.4 Å². The van der Waals surface area contributed by atoms with Crippen LogP contribution < -0.4 is 11.1 Å². The minimum Gasteiger partial charge on any atom is -0.349 e. The Morgan fingerprint density at radius 2 is 2.08 bits per heavy atom. The summed E-state index contributed by atoms with van der Waals surface area (Å²) in [6.45, 7) is 2.50. The number of aromatic nitrogens is 2. The average molecular weight is 383 g/mol. The number of nitrogens with one attached hydrogen (secondary N) is 1. The van der Waals surface area contributed by atoms with Crippen LogP contribution in [0.25, 0.3) is 5.69 Å². The summed E-state index contributed by atoms with van der Waals surface area (Å²) in [5.74, 6) is 0.276. The Balaban J connectivity index is 0.00000225. The molecule has 3 N–H and O–H groups in total. The fraction of sp³-hybridized carbons (Fsp3) is 0.444. The molecule has 1 saturated carbocycles. The van der Waals surface area contributed by atoms with E-state index in [1.54, 1.807) is 10.9 Å². The molecule has 2 atom stereocenters. The Morgan fingerprint density at radius 1 is 1.36 bits per heavy atom. The van der Waals surface area contributed by atoms with E-state index in [-0.39, 0.29) is 24.4 Å². The highest BCUT2D eigenvalue weighted by molar-refractivity contribution is 6.32. The van der Waals surface area contributed by atoms with Gasteiger partial charge in [0.1, 0.15) is 0 Å². The van der Waals surface area contributed by atoms with Gasteiger partial charge in [0.25, 0.3) is 5.91 Å². The number of nitrogens with two attached hydrogens (primary N) is 1. The van der Waals surface area contributed by atoms with Crippen LogP contribution in [-0.2, 0) is 0 Å². The predicted octanol–water partition coefficient (Wildman–Crippen LogP) is 3.50. The molecule has 2 unspecified atom stereocenters. The summed E-state index contributed by atoms with van der Waals surface area (Å²) in [7, 11) is 0. The Labute approximate surface area is 159 Å². The van der Waals surface area contributed by atoms with Crippen LogP contribution in [0.2, 0.25) is 5.02 Å². The zero-order valence-electron chi connectivity index (χ0n) is 14.2. The van der Waals surface area contributed by atoms with E-state index < -0.39 is 0 Å². The molecule has 25 heavy (non-hydrogen) atoms. The van der Waals surface area contributed by atoms with Crippen molar-refractivity contribution in [3.63, 3.8) is 0 Å². The quantitative estimate of drug-likeness (QED) is 0.849. The summed E-state index contributed by atoms with van der Waals surface area (Å²) in [4.78, 5) is 12.7. The third-order valence-electron chi connectivity index (χ3n) is 4.86. The number of amides is 1. The van der Waals surface area contributed by atoms with Crippen LogP contribution >= 0.6 is 24.0 Å². The lowest BCUT2D eigenvalue weighted by Gasteiger charge is -2.31. The Hall–Kier alpha value is -1.56. The topological polar surface area (TPSA) is 72.9 Å². The van der Waals surface area contributed by atoms with Crippen LogP contribution in [0.3, 0.4) is 0 Å². The predicted molar refractivity (Wildman–Crippen MR) is 103 cm³/mol. The molecule has 0 saturated heterocycles. The highest BCUT2D eigenvalue weighted by Gasteiger charge is 2.27. The van der Waals surface area contributed by atoms with Crippen LogP contribution in [0.5, 0.6) is 0 Å². The summed E-state index contributed by atoms with van der Waals surface area (Å²) < 4.78 is 1.71. The minimum absolute atomic E-state index is 0. The molecule has 136 valence electrons. The molecule has 7 heteroatoms. The first-order valence-corrected chi connectivity index (χ1v) is 8.80. The summed E-state index contributed by atoms with van der Waals surface area (Å²) in [6.07, 6.45) is 6.01. The van der Waals surface area contributed by atoms with Crippen LogP contribution in [0.1, 0.15) is 41.7 Å². The largest absolute Gasteiger partial charge is 0.349 e. The lowest BCUT2D eigenvalue weighted by Crippen LogP contribution is -2.44. The van der Waals surface area contributed by atoms with Crippen LogP contribution in [0.4, 0.5) is 0 Å². The Kier molecular flexibility index (Phi) is 6.87. The van der Waals surface area contributed by atoms with Gasteiger partial charge in [0.2, 0.25) is 0 Å². The number of para-hydroxylation sites is 1. The number of halogens is 2. The van der Waals surface area contributed by atoms with Gasteiger partial charge in [-0.3, -0.25) is 4.79 Å². The van der Waals surface area contributed by atoms with Gasteiger partial charge in [-0.25, -0.2) is 4.68 Å². The molecule has 1 heterocycles. The van der Waals surface area contributed by atoms with E-state index in [0.29, 0.717) is 23.0 Å². The molecule has 0 bridgehead atoms. The van der Waals surface area contributed by atoms with Gasteiger partial charge in [-0.1, -0.05) is 36.6 Å². The minimum atomic E-state index is -0.0869. The summed E-state index contributed by atoms with van der Waals surface area (Å²) in [5.41, 5.74) is 7.98. The molecule has 2 aromatic rings. The average Bonchev–Trinajstić information content (AvgIpc) is 2.97. The zero-order valence-corrected chi connectivity index (χ0v) is 15.8. The Morgan fingerprint density at radius 3 is 2.80 bits per heavy atom. The van der Waals surface area contributed by atoms with Crippen molar-refractivity contribution in [3.05, 3.63) is 46.7 Å². The van der Waals surface area contributed by atoms with E-state index in [4.69, 9.17) is 17.3 Å². The number of hydrogen-bond donors (Lipinski definition) is 2. The van der Waals surface area contributed by atoms with Crippen LogP contribution in [-0.4, -0.2) is 28.3 Å². The van der Waals surface area contributed by atoms with Gasteiger partial charge in [-0.15, -0.1) is 12.4 Å². The van der Waals surface area contributed by atoms with Crippen molar-refractivity contribution in [1.82, 2.24) is 15.1 Å². The normalized spacial score (nSPS) is 20.0. The molecule has 1 aliphatic rings. The van der Waals surface area contributed by atoms with E-state index in [1.807, 2.05) is 31.2 Å². The van der Waals surface area contributed by atoms with E-state index in [0.717, 1.165) is 30.6 Å². The number of carbonyl (C=O) groups is 1. The maximum Gasteiger partial charge on any atom is 0.254 e. The molecule has 1 amide bonds. The summed E-state index contributed by atoms with van der Waals surface area (Å²) in [6, 6.07) is 7.62. The smallest absolute Gasteiger partial charge is 0.254 e. The van der Waals surface area contributed by atoms with Crippen molar-refractivity contribution in [2.24, 2.45) is 11.7 Å². The first kappa shape index (κ1) is 19.8. The molecule has 1 aromatic carbocycles. The lowest BCUT2D eigenvalue weighted by molar-refractivity contribution is 0.0907. The van der Waals surface area contributed by atoms with Gasteiger partial charge in [-0.05, 0) is 44.4 Å². The number of hydrogen-bond acceptors (Lipinski definition) is 3. The SMILES string of the molecule is Cc1c(C(=O)NC2CCCCC2CN)cnn1-c1ccccc1Cl.Cl. The van der Waals surface area contributed by atoms with Gasteiger partial charge in [0.05, 0.1) is 28.2 Å². The lowest BCUT2D eigenvalue weighted by atomic mass is 9.84. The molecule has 1 aliphatic carbocycles. The highest BCUT2D eigenvalue weighted by atomic mass is 35.5. The summed E-state index contributed by atoms with van der Waals surface area (Å²) in [5, 5.41) is 8.10. The van der Waals surface area contributed by atoms with Gasteiger partial charge >= 0.3 is 0 Å². The maximum absolute atomic E-state index is 12.7. The first-order valence-electron chi connectivity index (χ1n) is 8.42. The monoisotopic (exact) mass is 382 g/mol.